The Balaban J connectivity index is 1.12. The Morgan fingerprint density at radius 1 is 1.07 bits per heavy atom. The molecular weight excluding hydrogens is 538 g/mol. The maximum atomic E-state index is 14.5. The van der Waals surface area contributed by atoms with Crippen LogP contribution in [0.15, 0.2) is 42.6 Å². The number of piperidine rings is 1. The number of nitrogens with zero attached hydrogens (tertiary/aromatic N) is 6. The lowest BCUT2D eigenvalue weighted by atomic mass is 9.93. The first-order valence-electron chi connectivity index (χ1n) is 13.3. The Hall–Kier alpha value is -3.65. The molecule has 2 aliphatic rings. The molecule has 2 fully saturated rings. The number of likely N-dealkylation sites (tertiary alicyclic amines) is 1. The van der Waals surface area contributed by atoms with Crippen molar-refractivity contribution in [1.29, 1.82) is 5.26 Å². The Kier molecular flexibility index (Phi) is 7.61. The van der Waals surface area contributed by atoms with Crippen molar-refractivity contribution < 1.29 is 18.3 Å². The average Bonchev–Trinajstić information content (AvgIpc) is 3.27. The van der Waals surface area contributed by atoms with Crippen LogP contribution >= 0.6 is 11.6 Å². The van der Waals surface area contributed by atoms with E-state index in [1.54, 1.807) is 24.4 Å². The summed E-state index contributed by atoms with van der Waals surface area (Å²) in [7, 11) is 0. The molecule has 0 amide bonds. The van der Waals surface area contributed by atoms with Gasteiger partial charge in [-0.1, -0.05) is 17.7 Å². The van der Waals surface area contributed by atoms with Crippen LogP contribution in [-0.2, 0) is 24.4 Å². The average molecular weight is 565 g/mol. The van der Waals surface area contributed by atoms with Crippen molar-refractivity contribution >= 4 is 22.6 Å². The highest BCUT2D eigenvalue weighted by atomic mass is 35.5. The van der Waals surface area contributed by atoms with Gasteiger partial charge in [-0.15, -0.1) is 0 Å². The quantitative estimate of drug-likeness (QED) is 0.284. The van der Waals surface area contributed by atoms with Crippen molar-refractivity contribution in [2.45, 2.75) is 51.0 Å². The Bertz CT molecular complexity index is 1580. The van der Waals surface area contributed by atoms with E-state index in [-0.39, 0.29) is 35.1 Å². The number of rotatable bonds is 8. The number of nitriles is 1. The van der Waals surface area contributed by atoms with Gasteiger partial charge in [0.15, 0.2) is 5.82 Å². The molecule has 0 saturated carbocycles. The minimum atomic E-state index is -0.584. The van der Waals surface area contributed by atoms with Gasteiger partial charge in [-0.05, 0) is 56.6 Å². The fourth-order valence-corrected chi connectivity index (χ4v) is 5.39. The fraction of sp³-hybridized carbons (Fsp3) is 0.379. The van der Waals surface area contributed by atoms with Crippen LogP contribution in [0.25, 0.3) is 11.0 Å². The third-order valence-corrected chi connectivity index (χ3v) is 7.83. The summed E-state index contributed by atoms with van der Waals surface area (Å²) in [5.74, 6) is -0.153. The van der Waals surface area contributed by atoms with Crippen LogP contribution in [0.3, 0.4) is 0 Å². The van der Waals surface area contributed by atoms with Gasteiger partial charge in [0.1, 0.15) is 30.0 Å². The number of halogens is 3. The van der Waals surface area contributed by atoms with Gasteiger partial charge in [-0.2, -0.15) is 5.26 Å². The van der Waals surface area contributed by atoms with Crippen LogP contribution in [0.4, 0.5) is 8.78 Å². The van der Waals surface area contributed by atoms with E-state index in [1.807, 2.05) is 0 Å². The molecule has 1 atom stereocenters. The van der Waals surface area contributed by atoms with Gasteiger partial charge in [-0.25, -0.2) is 23.7 Å². The number of fused-ring (bicyclic) bond motifs is 1. The first kappa shape index (κ1) is 26.6. The second-order valence-electron chi connectivity index (χ2n) is 10.2. The number of ether oxygens (including phenoxy) is 2. The molecule has 8 nitrogen and oxygen atoms in total. The highest BCUT2D eigenvalue weighted by Gasteiger charge is 2.26. The van der Waals surface area contributed by atoms with Crippen molar-refractivity contribution in [3.8, 4) is 11.9 Å². The highest BCUT2D eigenvalue weighted by molar-refractivity contribution is 6.30. The van der Waals surface area contributed by atoms with Crippen LogP contribution in [-0.4, -0.2) is 50.2 Å². The molecule has 1 unspecified atom stereocenters. The van der Waals surface area contributed by atoms with Gasteiger partial charge in [0.05, 0.1) is 36.4 Å². The van der Waals surface area contributed by atoms with Crippen molar-refractivity contribution in [1.82, 2.24) is 24.4 Å². The summed E-state index contributed by atoms with van der Waals surface area (Å²) >= 11 is 5.81. The number of pyridine rings is 2. The molecule has 40 heavy (non-hydrogen) atoms. The lowest BCUT2D eigenvalue weighted by Gasteiger charge is -2.32. The molecule has 3 aromatic heterocycles. The zero-order valence-corrected chi connectivity index (χ0v) is 22.4. The number of hydrogen-bond acceptors (Lipinski definition) is 7. The second kappa shape index (κ2) is 11.5. The van der Waals surface area contributed by atoms with Crippen molar-refractivity contribution in [3.05, 3.63) is 82.0 Å². The van der Waals surface area contributed by atoms with Crippen LogP contribution in [0.1, 0.15) is 48.0 Å². The lowest BCUT2D eigenvalue weighted by molar-refractivity contribution is -0.0592. The predicted octanol–water partition coefficient (Wildman–Crippen LogP) is 5.38. The van der Waals surface area contributed by atoms with Gasteiger partial charge in [0.2, 0.25) is 0 Å². The summed E-state index contributed by atoms with van der Waals surface area (Å²) in [5, 5.41) is 9.54. The Labute approximate surface area is 235 Å². The molecule has 0 spiro atoms. The molecule has 2 aliphatic heterocycles. The number of hydrogen-bond donors (Lipinski definition) is 0. The third kappa shape index (κ3) is 5.63. The third-order valence-electron chi connectivity index (χ3n) is 7.59. The number of benzene rings is 1. The largest absolute Gasteiger partial charge is 0.471 e. The zero-order valence-electron chi connectivity index (χ0n) is 21.7. The van der Waals surface area contributed by atoms with E-state index in [1.165, 1.54) is 18.2 Å². The molecule has 0 aliphatic carbocycles. The molecule has 0 bridgehead atoms. The molecule has 1 aromatic carbocycles. The molecule has 6 rings (SSSR count). The Morgan fingerprint density at radius 3 is 2.62 bits per heavy atom. The molecule has 5 heterocycles. The summed E-state index contributed by atoms with van der Waals surface area (Å²) in [4.78, 5) is 15.9. The van der Waals surface area contributed by atoms with E-state index >= 15 is 0 Å². The molecule has 0 radical (unpaired) electrons. The molecular formula is C29H27ClF2N6O2. The summed E-state index contributed by atoms with van der Waals surface area (Å²) in [6.45, 7) is 3.64. The van der Waals surface area contributed by atoms with Gasteiger partial charge in [0, 0.05) is 34.9 Å². The topological polar surface area (TPSA) is 89.1 Å². The molecule has 0 N–H and O–H groups in total. The fourth-order valence-electron chi connectivity index (χ4n) is 5.23. The van der Waals surface area contributed by atoms with Crippen LogP contribution < -0.4 is 4.74 Å². The van der Waals surface area contributed by atoms with Crippen molar-refractivity contribution in [3.63, 3.8) is 0 Å². The van der Waals surface area contributed by atoms with Gasteiger partial charge >= 0.3 is 0 Å². The van der Waals surface area contributed by atoms with Crippen LogP contribution in [0.2, 0.25) is 5.02 Å². The Morgan fingerprint density at radius 2 is 1.90 bits per heavy atom. The zero-order chi connectivity index (χ0) is 27.6. The standard InChI is InChI=1S/C29H27ClF2N6O2/c30-20-2-1-19(24(32)11-20)17-40-29-23(31)3-4-25(36-29)18-5-8-37(9-6-18)16-28-35-26-12-21(13-33)34-14-27(26)38(28)15-22-7-10-39-22/h1-4,11-12,14,18,22H,5-10,15-17H2. The minimum Gasteiger partial charge on any atom is -0.471 e. The summed E-state index contributed by atoms with van der Waals surface area (Å²) in [5.41, 5.74) is 3.05. The van der Waals surface area contributed by atoms with Gasteiger partial charge < -0.3 is 14.0 Å². The first-order chi connectivity index (χ1) is 19.5. The van der Waals surface area contributed by atoms with E-state index < -0.39 is 11.6 Å². The van der Waals surface area contributed by atoms with E-state index in [4.69, 9.17) is 26.1 Å². The summed E-state index contributed by atoms with van der Waals surface area (Å²) < 4.78 is 41.9. The molecule has 206 valence electrons. The van der Waals surface area contributed by atoms with E-state index in [0.717, 1.165) is 61.5 Å². The van der Waals surface area contributed by atoms with E-state index in [9.17, 15) is 14.0 Å². The SMILES string of the molecule is N#Cc1cc2nc(CN3CCC(c4ccc(F)c(OCc5ccc(Cl)cc5F)n4)CC3)n(CC3CCO3)c2cn1. The van der Waals surface area contributed by atoms with Gasteiger partial charge in [0.25, 0.3) is 5.88 Å². The highest BCUT2D eigenvalue weighted by Crippen LogP contribution is 2.30. The van der Waals surface area contributed by atoms with E-state index in [2.05, 4.69) is 25.5 Å². The predicted molar refractivity (Wildman–Crippen MR) is 144 cm³/mol. The molecule has 4 aromatic rings. The van der Waals surface area contributed by atoms with Crippen molar-refractivity contribution in [2.75, 3.05) is 19.7 Å². The maximum Gasteiger partial charge on any atom is 0.250 e. The monoisotopic (exact) mass is 564 g/mol. The lowest BCUT2D eigenvalue weighted by Crippen LogP contribution is -2.35. The number of imidazole rings is 1. The van der Waals surface area contributed by atoms with Gasteiger partial charge in [-0.3, -0.25) is 4.90 Å². The minimum absolute atomic E-state index is 0.133. The molecule has 2 saturated heterocycles. The summed E-state index contributed by atoms with van der Waals surface area (Å²) in [6.07, 6.45) is 4.58. The van der Waals surface area contributed by atoms with Crippen molar-refractivity contribution in [2.24, 2.45) is 0 Å². The summed E-state index contributed by atoms with van der Waals surface area (Å²) in [6, 6.07) is 11.1. The van der Waals surface area contributed by atoms with E-state index in [0.29, 0.717) is 18.8 Å². The first-order valence-corrected chi connectivity index (χ1v) is 13.7. The normalized spacial score (nSPS) is 18.0. The van der Waals surface area contributed by atoms with Crippen LogP contribution in [0.5, 0.6) is 5.88 Å². The number of aromatic nitrogens is 4. The molecule has 11 heteroatoms. The second-order valence-corrected chi connectivity index (χ2v) is 10.6. The van der Waals surface area contributed by atoms with Crippen LogP contribution in [0, 0.1) is 23.0 Å². The smallest absolute Gasteiger partial charge is 0.250 e. The maximum absolute atomic E-state index is 14.5.